The van der Waals surface area contributed by atoms with Crippen LogP contribution in [-0.4, -0.2) is 10.4 Å². The Kier molecular flexibility index (Phi) is 3240. The molecule has 4 heteroatoms. The van der Waals surface area contributed by atoms with Gasteiger partial charge in [-0.3, -0.25) is 11.7 Å². The van der Waals surface area contributed by atoms with Gasteiger partial charge in [-0.05, 0) is 0 Å². The molecule has 0 aliphatic carbocycles. The average Bonchev–Trinajstić information content (AvgIpc) is 1.50. The molecule has 4 heavy (non-hydrogen) atoms. The fourth-order valence-electron chi connectivity index (χ4n) is 0. The molecule has 0 aliphatic heterocycles. The summed E-state index contributed by atoms with van der Waals surface area (Å²) in [6.45, 7) is 0. The predicted octanol–water partition coefficient (Wildman–Crippen LogP) is -2.96. The van der Waals surface area contributed by atoms with Gasteiger partial charge in [0.25, 0.3) is 0 Å². The minimum atomic E-state index is 0.806. The van der Waals surface area contributed by atoms with Gasteiger partial charge in [-0.15, -0.1) is 0 Å². The summed E-state index contributed by atoms with van der Waals surface area (Å²) in [4.78, 5) is 0. The van der Waals surface area contributed by atoms with E-state index in [1.807, 2.05) is 0 Å². The van der Waals surface area contributed by atoms with E-state index in [9.17, 15) is 0 Å². The molecular formula is H9N3Si. The Morgan fingerprint density at radius 3 is 1.00 bits per heavy atom. The molecule has 0 unspecified atom stereocenters. The third-order valence-electron chi connectivity index (χ3n) is 0. The molecule has 0 radical (unpaired) electrons. The van der Waals surface area contributed by atoms with E-state index in [4.69, 9.17) is 0 Å². The summed E-state index contributed by atoms with van der Waals surface area (Å²) in [6, 6.07) is 0. The van der Waals surface area contributed by atoms with Crippen LogP contribution < -0.4 is 17.1 Å². The quantitative estimate of drug-likeness (QED) is 0.165. The molecule has 0 aromatic heterocycles. The highest BCUT2D eigenvalue weighted by molar-refractivity contribution is 6.02. The molecule has 0 fully saturated rings. The van der Waals surface area contributed by atoms with Crippen LogP contribution in [-0.2, 0) is 0 Å². The van der Waals surface area contributed by atoms with Gasteiger partial charge in [0, 0.05) is 0 Å². The van der Waals surface area contributed by atoms with Crippen molar-refractivity contribution in [2.24, 2.45) is 17.1 Å². The summed E-state index contributed by atoms with van der Waals surface area (Å²) in [7, 11) is 0.806. The van der Waals surface area contributed by atoms with Crippen LogP contribution in [0.1, 0.15) is 0 Å². The first-order valence-electron chi connectivity index (χ1n) is 0.911. The van der Waals surface area contributed by atoms with Crippen molar-refractivity contribution in [3.8, 4) is 0 Å². The smallest absolute Gasteiger partial charge is 0.0716 e. The first kappa shape index (κ1) is 8.94. The molecule has 0 spiro atoms. The Morgan fingerprint density at radius 1 is 1.00 bits per heavy atom. The minimum absolute atomic E-state index is 0.806. The van der Waals surface area contributed by atoms with Crippen LogP contribution in [0.3, 0.4) is 0 Å². The lowest BCUT2D eigenvalue weighted by atomic mass is 13.0. The van der Waals surface area contributed by atoms with Gasteiger partial charge >= 0.3 is 0 Å². The molecule has 28 valence electrons. The second kappa shape index (κ2) is 1450. The molecule has 6 N–H and O–H groups in total. The zero-order valence-corrected chi connectivity index (χ0v) is 4.73. The van der Waals surface area contributed by atoms with Gasteiger partial charge in [0.2, 0.25) is 0 Å². The van der Waals surface area contributed by atoms with Gasteiger partial charge < -0.3 is 5.40 Å². The second-order valence-corrected chi connectivity index (χ2v) is 0. The van der Waals surface area contributed by atoms with Gasteiger partial charge in [-0.25, -0.2) is 0 Å². The molecule has 0 aromatic rings. The molecule has 0 amide bonds. The van der Waals surface area contributed by atoms with Crippen molar-refractivity contribution in [1.82, 2.24) is 0 Å². The Balaban J connectivity index is 0. The molecule has 0 saturated heterocycles. The molecule has 3 nitrogen and oxygen atoms in total. The Labute approximate surface area is 28.6 Å². The van der Waals surface area contributed by atoms with Gasteiger partial charge in [0.1, 0.15) is 0 Å². The molecule has 0 saturated carbocycles. The first-order valence-corrected chi connectivity index (χ1v) is 2.07. The van der Waals surface area contributed by atoms with Crippen LogP contribution in [0.15, 0.2) is 0 Å². The summed E-state index contributed by atoms with van der Waals surface area (Å²) < 4.78 is 0. The van der Waals surface area contributed by atoms with Crippen molar-refractivity contribution in [2.75, 3.05) is 0 Å². The molecule has 0 heterocycles. The Hall–Kier alpha value is 0.0969. The highest BCUT2D eigenvalue weighted by Gasteiger charge is 0.880. The summed E-state index contributed by atoms with van der Waals surface area (Å²) >= 11 is 0. The van der Waals surface area contributed by atoms with E-state index in [0.717, 1.165) is 10.4 Å². The van der Waals surface area contributed by atoms with Gasteiger partial charge in [-0.1, -0.05) is 0 Å². The second-order valence-electron chi connectivity index (χ2n) is 0. The van der Waals surface area contributed by atoms with Crippen LogP contribution >= 0.6 is 0 Å². The number of rotatable bonds is 0. The zero-order valence-electron chi connectivity index (χ0n) is 2.73. The van der Waals surface area contributed by atoms with E-state index in [1.165, 1.54) is 0 Å². The summed E-state index contributed by atoms with van der Waals surface area (Å²) in [6.07, 6.45) is 0. The standard InChI is InChI=1S/H4N2.H5NSi/c2*1-2/h1-2H2;1H2,2H3. The van der Waals surface area contributed by atoms with Crippen LogP contribution in [0.2, 0.25) is 0 Å². The lowest BCUT2D eigenvalue weighted by molar-refractivity contribution is 1.26. The highest BCUT2D eigenvalue weighted by atomic mass is 28.2. The molecule has 0 rings (SSSR count). The van der Waals surface area contributed by atoms with E-state index in [0.29, 0.717) is 0 Å². The molecule has 0 bridgehead atoms. The maximum absolute atomic E-state index is 4.64. The highest BCUT2D eigenvalue weighted by Crippen LogP contribution is 0.350. The number of nitrogens with two attached hydrogens (primary N) is 3. The number of hydrazine groups is 1. The summed E-state index contributed by atoms with van der Waals surface area (Å²) in [5.74, 6) is 8.00. The predicted molar refractivity (Wildman–Crippen MR) is 22.5 cm³/mol. The van der Waals surface area contributed by atoms with Crippen molar-refractivity contribution in [3.63, 3.8) is 0 Å². The van der Waals surface area contributed by atoms with E-state index in [1.54, 1.807) is 0 Å². The van der Waals surface area contributed by atoms with Crippen molar-refractivity contribution >= 4 is 10.4 Å². The largest absolute Gasteiger partial charge is 0.358 e. The topological polar surface area (TPSA) is 78.1 Å². The molecule has 0 atom stereocenters. The lowest BCUT2D eigenvalue weighted by Gasteiger charge is -1.27. The van der Waals surface area contributed by atoms with Crippen molar-refractivity contribution in [3.05, 3.63) is 0 Å². The van der Waals surface area contributed by atoms with Gasteiger partial charge in [0.05, 0.1) is 10.4 Å². The minimum Gasteiger partial charge on any atom is -0.358 e. The third kappa shape index (κ3) is 269. The average molecular weight is 79.2 g/mol. The normalized spacial score (nSPS) is 3.75. The Bertz CT molecular complexity index is 3.25. The van der Waals surface area contributed by atoms with Crippen LogP contribution in [0.5, 0.6) is 0 Å². The maximum atomic E-state index is 4.64. The van der Waals surface area contributed by atoms with E-state index >= 15 is 0 Å². The third-order valence-corrected chi connectivity index (χ3v) is 0. The van der Waals surface area contributed by atoms with E-state index in [-0.39, 0.29) is 0 Å². The van der Waals surface area contributed by atoms with Gasteiger partial charge in [0.15, 0.2) is 0 Å². The SMILES string of the molecule is NN.N[SiH3]. The van der Waals surface area contributed by atoms with E-state index < -0.39 is 0 Å². The van der Waals surface area contributed by atoms with Crippen molar-refractivity contribution in [2.45, 2.75) is 0 Å². The summed E-state index contributed by atoms with van der Waals surface area (Å²) in [5, 5.41) is 4.64. The number of hydrogen-bond acceptors (Lipinski definition) is 3. The molecule has 0 aliphatic rings. The zero-order chi connectivity index (χ0) is 4.00. The first-order chi connectivity index (χ1) is 2.00. The van der Waals surface area contributed by atoms with Crippen molar-refractivity contribution in [1.29, 1.82) is 0 Å². The monoisotopic (exact) mass is 79.1 g/mol. The number of hydrogen-bond donors (Lipinski definition) is 3. The molecule has 0 aromatic carbocycles. The fraction of sp³-hybridized carbons (Fsp3) is 0. The van der Waals surface area contributed by atoms with Crippen LogP contribution in [0.25, 0.3) is 0 Å². The van der Waals surface area contributed by atoms with Crippen molar-refractivity contribution < 1.29 is 0 Å². The van der Waals surface area contributed by atoms with Gasteiger partial charge in [-0.2, -0.15) is 0 Å². The Morgan fingerprint density at radius 2 is 1.00 bits per heavy atom. The van der Waals surface area contributed by atoms with Crippen LogP contribution in [0, 0.1) is 0 Å². The lowest BCUT2D eigenvalue weighted by Crippen LogP contribution is -2.02. The van der Waals surface area contributed by atoms with E-state index in [2.05, 4.69) is 17.1 Å². The fourth-order valence-corrected chi connectivity index (χ4v) is 0. The summed E-state index contributed by atoms with van der Waals surface area (Å²) in [5.41, 5.74) is 0. The molecular weight excluding hydrogens is 70.1 g/mol. The maximum Gasteiger partial charge on any atom is 0.0716 e. The van der Waals surface area contributed by atoms with Crippen LogP contribution in [0.4, 0.5) is 0 Å².